The lowest BCUT2D eigenvalue weighted by molar-refractivity contribution is -0.169. The van der Waals surface area contributed by atoms with Crippen molar-refractivity contribution in [2.24, 2.45) is 0 Å². The molecular weight excluding hydrogens is 372 g/mol. The first kappa shape index (κ1) is 19.3. The summed E-state index contributed by atoms with van der Waals surface area (Å²) in [5.74, 6) is 0.0822. The van der Waals surface area contributed by atoms with E-state index in [9.17, 15) is 15.0 Å². The SMILES string of the molecule is CCON1CCN(/C=C2/C(O)=CC=C3C(=O)C(c4ccc(O)cc4)=COC32)CC1. The number of carbonyl (C=O) groups excluding carboxylic acids is 1. The molecule has 1 saturated heterocycles. The molecule has 1 fully saturated rings. The average Bonchev–Trinajstić information content (AvgIpc) is 2.73. The van der Waals surface area contributed by atoms with Crippen molar-refractivity contribution in [3.63, 3.8) is 0 Å². The molecule has 1 atom stereocenters. The van der Waals surface area contributed by atoms with E-state index < -0.39 is 6.10 Å². The number of Topliss-reactive ketones (excluding diaryl/α,β-unsaturated/α-hetero) is 1. The third kappa shape index (κ3) is 3.92. The Morgan fingerprint density at radius 3 is 2.55 bits per heavy atom. The van der Waals surface area contributed by atoms with Crippen LogP contribution in [0.1, 0.15) is 12.5 Å². The van der Waals surface area contributed by atoms with Gasteiger partial charge >= 0.3 is 0 Å². The molecule has 152 valence electrons. The van der Waals surface area contributed by atoms with Gasteiger partial charge in [0.15, 0.2) is 11.9 Å². The van der Waals surface area contributed by atoms with E-state index in [0.717, 1.165) is 26.2 Å². The highest BCUT2D eigenvalue weighted by atomic mass is 16.7. The van der Waals surface area contributed by atoms with E-state index in [4.69, 9.17) is 9.57 Å². The largest absolute Gasteiger partial charge is 0.508 e. The van der Waals surface area contributed by atoms with Crippen molar-refractivity contribution >= 4 is 11.4 Å². The molecule has 0 spiro atoms. The molecule has 7 heteroatoms. The molecule has 7 nitrogen and oxygen atoms in total. The highest BCUT2D eigenvalue weighted by Gasteiger charge is 2.36. The molecule has 2 heterocycles. The number of phenolic OH excluding ortho intramolecular Hbond substituents is 1. The van der Waals surface area contributed by atoms with E-state index in [1.165, 1.54) is 24.5 Å². The molecule has 2 N–H and O–H groups in total. The minimum atomic E-state index is -0.640. The fourth-order valence-electron chi connectivity index (χ4n) is 3.66. The van der Waals surface area contributed by atoms with Crippen LogP contribution < -0.4 is 0 Å². The van der Waals surface area contributed by atoms with Gasteiger partial charge in [0.25, 0.3) is 0 Å². The van der Waals surface area contributed by atoms with E-state index in [-0.39, 0.29) is 17.3 Å². The molecule has 1 aromatic carbocycles. The van der Waals surface area contributed by atoms with Crippen LogP contribution in [0.15, 0.2) is 65.8 Å². The summed E-state index contributed by atoms with van der Waals surface area (Å²) in [7, 11) is 0. The Hall–Kier alpha value is -3.03. The summed E-state index contributed by atoms with van der Waals surface area (Å²) in [5, 5.41) is 21.8. The van der Waals surface area contributed by atoms with E-state index >= 15 is 0 Å². The molecule has 1 unspecified atom stereocenters. The summed E-state index contributed by atoms with van der Waals surface area (Å²) in [6, 6.07) is 6.41. The third-order valence-electron chi connectivity index (χ3n) is 5.20. The zero-order valence-electron chi connectivity index (χ0n) is 16.2. The van der Waals surface area contributed by atoms with Gasteiger partial charge in [-0.15, -0.1) is 0 Å². The number of hydrogen-bond donors (Lipinski definition) is 2. The van der Waals surface area contributed by atoms with Gasteiger partial charge in [-0.2, -0.15) is 5.06 Å². The lowest BCUT2D eigenvalue weighted by Gasteiger charge is -2.35. The molecule has 1 aliphatic carbocycles. The molecular formula is C22H24N2O5. The minimum absolute atomic E-state index is 0.0975. The Kier molecular flexibility index (Phi) is 5.42. The number of aliphatic hydroxyl groups excluding tert-OH is 1. The van der Waals surface area contributed by atoms with Gasteiger partial charge in [0.05, 0.1) is 24.0 Å². The number of hydroxylamine groups is 2. The zero-order valence-corrected chi connectivity index (χ0v) is 16.2. The standard InChI is InChI=1S/C22H24N2O5/c1-2-29-24-11-9-23(10-12-24)13-18-20(26)8-7-17-21(27)19(14-28-22(17)18)15-3-5-16(25)6-4-15/h3-8,13-14,22,25-26H,2,9-12H2,1H3/b18-13-. The van der Waals surface area contributed by atoms with Crippen molar-refractivity contribution in [2.45, 2.75) is 13.0 Å². The first-order valence-corrected chi connectivity index (χ1v) is 9.71. The number of ketones is 1. The molecule has 0 radical (unpaired) electrons. The second-order valence-electron chi connectivity index (χ2n) is 7.06. The van der Waals surface area contributed by atoms with Crippen LogP contribution in [-0.2, 0) is 14.4 Å². The van der Waals surface area contributed by atoms with Crippen molar-refractivity contribution < 1.29 is 24.6 Å². The Labute approximate surface area is 169 Å². The molecule has 0 saturated carbocycles. The van der Waals surface area contributed by atoms with E-state index in [1.54, 1.807) is 18.2 Å². The number of rotatable bonds is 4. The lowest BCUT2D eigenvalue weighted by Crippen LogP contribution is -2.44. The van der Waals surface area contributed by atoms with Crippen molar-refractivity contribution in [1.82, 2.24) is 9.96 Å². The number of aromatic hydroxyl groups is 1. The van der Waals surface area contributed by atoms with Crippen LogP contribution in [0.4, 0.5) is 0 Å². The predicted molar refractivity (Wildman–Crippen MR) is 108 cm³/mol. The predicted octanol–water partition coefficient (Wildman–Crippen LogP) is 2.54. The maximum atomic E-state index is 13.1. The summed E-state index contributed by atoms with van der Waals surface area (Å²) in [4.78, 5) is 20.7. The minimum Gasteiger partial charge on any atom is -0.508 e. The zero-order chi connectivity index (χ0) is 20.4. The molecule has 1 aromatic rings. The number of piperazine rings is 1. The maximum Gasteiger partial charge on any atom is 0.196 e. The number of nitrogens with zero attached hydrogens (tertiary/aromatic N) is 2. The number of hydrogen-bond acceptors (Lipinski definition) is 7. The highest BCUT2D eigenvalue weighted by Crippen LogP contribution is 2.35. The molecule has 2 aliphatic heterocycles. The first-order valence-electron chi connectivity index (χ1n) is 9.71. The summed E-state index contributed by atoms with van der Waals surface area (Å²) >= 11 is 0. The summed E-state index contributed by atoms with van der Waals surface area (Å²) < 4.78 is 5.89. The Balaban J connectivity index is 1.55. The fourth-order valence-corrected chi connectivity index (χ4v) is 3.66. The Bertz CT molecular complexity index is 906. The molecule has 0 bridgehead atoms. The number of carbonyl (C=O) groups is 1. The molecule has 0 aromatic heterocycles. The van der Waals surface area contributed by atoms with Gasteiger partial charge < -0.3 is 19.8 Å². The van der Waals surface area contributed by atoms with Crippen LogP contribution >= 0.6 is 0 Å². The van der Waals surface area contributed by atoms with Crippen molar-refractivity contribution in [1.29, 1.82) is 0 Å². The van der Waals surface area contributed by atoms with Gasteiger partial charge in [-0.3, -0.25) is 9.63 Å². The van der Waals surface area contributed by atoms with Crippen molar-refractivity contribution in [3.8, 4) is 5.75 Å². The maximum absolute atomic E-state index is 13.1. The first-order chi connectivity index (χ1) is 14.1. The third-order valence-corrected chi connectivity index (χ3v) is 5.20. The molecule has 4 rings (SSSR count). The van der Waals surface area contributed by atoms with Crippen LogP contribution in [0.3, 0.4) is 0 Å². The van der Waals surface area contributed by atoms with Gasteiger partial charge in [0.1, 0.15) is 11.5 Å². The highest BCUT2D eigenvalue weighted by molar-refractivity contribution is 6.29. The Morgan fingerprint density at radius 1 is 1.14 bits per heavy atom. The molecule has 3 aliphatic rings. The van der Waals surface area contributed by atoms with Gasteiger partial charge in [0, 0.05) is 38.0 Å². The van der Waals surface area contributed by atoms with Crippen LogP contribution in [0.2, 0.25) is 0 Å². The number of fused-ring (bicyclic) bond motifs is 1. The number of benzene rings is 1. The second kappa shape index (κ2) is 8.14. The Morgan fingerprint density at radius 2 is 1.86 bits per heavy atom. The van der Waals surface area contributed by atoms with Crippen LogP contribution in [0.25, 0.3) is 5.57 Å². The summed E-state index contributed by atoms with van der Waals surface area (Å²) in [6.07, 6.45) is 5.82. The van der Waals surface area contributed by atoms with E-state index in [2.05, 4.69) is 4.90 Å². The van der Waals surface area contributed by atoms with Crippen LogP contribution in [-0.4, -0.2) is 64.8 Å². The number of phenols is 1. The fraction of sp³-hybridized carbons (Fsp3) is 0.318. The van der Waals surface area contributed by atoms with Gasteiger partial charge in [-0.05, 0) is 36.8 Å². The number of aliphatic hydroxyl groups is 1. The van der Waals surface area contributed by atoms with Crippen LogP contribution in [0.5, 0.6) is 5.75 Å². The number of allylic oxidation sites excluding steroid dienone is 3. The summed E-state index contributed by atoms with van der Waals surface area (Å²) in [6.45, 7) is 5.65. The van der Waals surface area contributed by atoms with Crippen molar-refractivity contribution in [3.05, 3.63) is 71.3 Å². The average molecular weight is 396 g/mol. The van der Waals surface area contributed by atoms with Gasteiger partial charge in [-0.25, -0.2) is 0 Å². The van der Waals surface area contributed by atoms with Gasteiger partial charge in [-0.1, -0.05) is 12.1 Å². The topological polar surface area (TPSA) is 82.5 Å². The molecule has 29 heavy (non-hydrogen) atoms. The van der Waals surface area contributed by atoms with Gasteiger partial charge in [0.2, 0.25) is 0 Å². The van der Waals surface area contributed by atoms with E-state index in [1.807, 2.05) is 18.2 Å². The van der Waals surface area contributed by atoms with E-state index in [0.29, 0.717) is 28.9 Å². The van der Waals surface area contributed by atoms with Crippen LogP contribution in [0, 0.1) is 0 Å². The normalized spacial score (nSPS) is 23.8. The van der Waals surface area contributed by atoms with Crippen molar-refractivity contribution in [2.75, 3.05) is 32.8 Å². The number of ether oxygens (including phenoxy) is 1. The second-order valence-corrected chi connectivity index (χ2v) is 7.06. The monoisotopic (exact) mass is 396 g/mol. The molecule has 0 amide bonds. The quantitative estimate of drug-likeness (QED) is 0.809. The summed E-state index contributed by atoms with van der Waals surface area (Å²) in [5.41, 5.74) is 2.14. The smallest absolute Gasteiger partial charge is 0.196 e. The lowest BCUT2D eigenvalue weighted by atomic mass is 9.86.